The summed E-state index contributed by atoms with van der Waals surface area (Å²) in [6, 6.07) is 0. The average molecular weight is 271 g/mol. The first-order chi connectivity index (χ1) is 7.52. The maximum atomic E-state index is 11.8. The topological polar surface area (TPSA) is 58.6 Å². The van der Waals surface area contributed by atoms with Crippen molar-refractivity contribution in [1.82, 2.24) is 9.03 Å². The zero-order valence-electron chi connectivity index (χ0n) is 9.49. The molecule has 1 N–H and O–H groups in total. The lowest BCUT2D eigenvalue weighted by atomic mass is 10.2. The van der Waals surface area contributed by atoms with Gasteiger partial charge in [-0.1, -0.05) is 0 Å². The van der Waals surface area contributed by atoms with Crippen LogP contribution in [0.25, 0.3) is 0 Å². The number of alkyl halides is 1. The number of nitrogens with one attached hydrogen (secondary N) is 1. The minimum absolute atomic E-state index is 0.0906. The van der Waals surface area contributed by atoms with E-state index in [0.717, 1.165) is 12.8 Å². The van der Waals surface area contributed by atoms with E-state index in [-0.39, 0.29) is 5.38 Å². The van der Waals surface area contributed by atoms with E-state index in [1.54, 1.807) is 0 Å². The Balaban J connectivity index is 2.27. The molecule has 0 aromatic carbocycles. The lowest BCUT2D eigenvalue weighted by Gasteiger charge is -2.26. The predicted octanol–water partition coefficient (Wildman–Crippen LogP) is 0.560. The van der Waals surface area contributed by atoms with E-state index in [9.17, 15) is 8.42 Å². The Morgan fingerprint density at radius 3 is 2.62 bits per heavy atom. The third-order valence-electron chi connectivity index (χ3n) is 2.37. The van der Waals surface area contributed by atoms with Crippen molar-refractivity contribution in [3.63, 3.8) is 0 Å². The van der Waals surface area contributed by atoms with Gasteiger partial charge in [0.15, 0.2) is 0 Å². The van der Waals surface area contributed by atoms with Crippen molar-refractivity contribution in [2.75, 3.05) is 32.8 Å². The van der Waals surface area contributed by atoms with Crippen molar-refractivity contribution in [3.05, 3.63) is 0 Å². The third kappa shape index (κ3) is 4.97. The van der Waals surface area contributed by atoms with Crippen LogP contribution in [0.3, 0.4) is 0 Å². The predicted molar refractivity (Wildman–Crippen MR) is 63.9 cm³/mol. The zero-order chi connectivity index (χ0) is 12.0. The molecule has 1 unspecified atom stereocenters. The number of ether oxygens (including phenoxy) is 1. The molecule has 0 bridgehead atoms. The van der Waals surface area contributed by atoms with Gasteiger partial charge in [0.2, 0.25) is 0 Å². The summed E-state index contributed by atoms with van der Waals surface area (Å²) in [7, 11) is -3.32. The molecule has 0 spiro atoms. The molecular formula is C9H19ClN2O3S. The Kier molecular flexibility index (Phi) is 5.99. The maximum Gasteiger partial charge on any atom is 0.279 e. The molecule has 0 aliphatic carbocycles. The molecule has 16 heavy (non-hydrogen) atoms. The second-order valence-electron chi connectivity index (χ2n) is 3.83. The summed E-state index contributed by atoms with van der Waals surface area (Å²) in [6.07, 6.45) is 1.57. The Bertz CT molecular complexity index is 289. The molecule has 0 radical (unpaired) electrons. The van der Waals surface area contributed by atoms with Crippen molar-refractivity contribution < 1.29 is 13.2 Å². The second kappa shape index (κ2) is 6.76. The molecule has 96 valence electrons. The van der Waals surface area contributed by atoms with Crippen molar-refractivity contribution in [2.24, 2.45) is 0 Å². The monoisotopic (exact) mass is 270 g/mol. The van der Waals surface area contributed by atoms with Gasteiger partial charge in [-0.25, -0.2) is 4.72 Å². The summed E-state index contributed by atoms with van der Waals surface area (Å²) in [5.74, 6) is 0. The van der Waals surface area contributed by atoms with Gasteiger partial charge in [0.25, 0.3) is 10.2 Å². The standard InChI is InChI=1S/C9H19ClN2O3S/c1-9(10)3-2-4-11-16(13,14)12-5-7-15-8-6-12/h9,11H,2-8H2,1H3. The molecule has 1 aliphatic rings. The lowest BCUT2D eigenvalue weighted by molar-refractivity contribution is 0.0725. The fourth-order valence-electron chi connectivity index (χ4n) is 1.46. The van der Waals surface area contributed by atoms with Gasteiger partial charge in [0, 0.05) is 25.0 Å². The molecular weight excluding hydrogens is 252 g/mol. The van der Waals surface area contributed by atoms with Crippen molar-refractivity contribution in [2.45, 2.75) is 25.1 Å². The highest BCUT2D eigenvalue weighted by atomic mass is 35.5. The van der Waals surface area contributed by atoms with Gasteiger partial charge >= 0.3 is 0 Å². The zero-order valence-corrected chi connectivity index (χ0v) is 11.1. The minimum Gasteiger partial charge on any atom is -0.379 e. The van der Waals surface area contributed by atoms with E-state index in [1.165, 1.54) is 4.31 Å². The SMILES string of the molecule is CC(Cl)CCCNS(=O)(=O)N1CCOCC1. The highest BCUT2D eigenvalue weighted by Crippen LogP contribution is 2.05. The molecule has 7 heteroatoms. The molecule has 0 amide bonds. The van der Waals surface area contributed by atoms with Crippen LogP contribution >= 0.6 is 11.6 Å². The number of morpholine rings is 1. The second-order valence-corrected chi connectivity index (χ2v) is 6.33. The maximum absolute atomic E-state index is 11.8. The smallest absolute Gasteiger partial charge is 0.279 e. The first-order valence-corrected chi connectivity index (χ1v) is 7.36. The molecule has 0 aromatic heterocycles. The van der Waals surface area contributed by atoms with Crippen molar-refractivity contribution in [1.29, 1.82) is 0 Å². The number of halogens is 1. The summed E-state index contributed by atoms with van der Waals surface area (Å²) >= 11 is 5.77. The van der Waals surface area contributed by atoms with Crippen molar-refractivity contribution >= 4 is 21.8 Å². The van der Waals surface area contributed by atoms with Crippen LogP contribution in [0.1, 0.15) is 19.8 Å². The number of hydrogen-bond acceptors (Lipinski definition) is 3. The summed E-state index contributed by atoms with van der Waals surface area (Å²) in [6.45, 7) is 4.15. The van der Waals surface area contributed by atoms with Crippen LogP contribution in [0.5, 0.6) is 0 Å². The summed E-state index contributed by atoms with van der Waals surface area (Å²) in [4.78, 5) is 0. The van der Waals surface area contributed by atoms with Crippen LogP contribution < -0.4 is 4.72 Å². The molecule has 1 atom stereocenters. The van der Waals surface area contributed by atoms with E-state index in [4.69, 9.17) is 16.3 Å². The van der Waals surface area contributed by atoms with E-state index < -0.39 is 10.2 Å². The van der Waals surface area contributed by atoms with Gasteiger partial charge in [-0.15, -0.1) is 11.6 Å². The third-order valence-corrected chi connectivity index (χ3v) is 4.21. The molecule has 1 rings (SSSR count). The van der Waals surface area contributed by atoms with Gasteiger partial charge in [0.05, 0.1) is 13.2 Å². The summed E-state index contributed by atoms with van der Waals surface area (Å²) in [5, 5.41) is 0.0906. The van der Waals surface area contributed by atoms with E-state index in [1.807, 2.05) is 6.92 Å². The van der Waals surface area contributed by atoms with Crippen molar-refractivity contribution in [3.8, 4) is 0 Å². The quantitative estimate of drug-likeness (QED) is 0.567. The molecule has 5 nitrogen and oxygen atoms in total. The first-order valence-electron chi connectivity index (χ1n) is 5.49. The van der Waals surface area contributed by atoms with Gasteiger partial charge in [-0.3, -0.25) is 0 Å². The summed E-state index contributed by atoms with van der Waals surface area (Å²) < 4.78 is 32.6. The average Bonchev–Trinajstić information content (AvgIpc) is 2.26. The number of rotatable bonds is 6. The van der Waals surface area contributed by atoms with Crippen LogP contribution in [0.4, 0.5) is 0 Å². The van der Waals surface area contributed by atoms with Gasteiger partial charge in [-0.05, 0) is 19.8 Å². The van der Waals surface area contributed by atoms with Gasteiger partial charge in [0.1, 0.15) is 0 Å². The van der Waals surface area contributed by atoms with Crippen LogP contribution in [0, 0.1) is 0 Å². The Hall–Kier alpha value is 0.120. The van der Waals surface area contributed by atoms with Crippen LogP contribution in [0.15, 0.2) is 0 Å². The molecule has 0 aromatic rings. The minimum atomic E-state index is -3.32. The first kappa shape index (κ1) is 14.2. The fourth-order valence-corrected chi connectivity index (χ4v) is 2.83. The Labute approximate surface area is 102 Å². The highest BCUT2D eigenvalue weighted by Gasteiger charge is 2.23. The van der Waals surface area contributed by atoms with Gasteiger partial charge in [-0.2, -0.15) is 12.7 Å². The van der Waals surface area contributed by atoms with E-state index >= 15 is 0 Å². The number of hydrogen-bond donors (Lipinski definition) is 1. The lowest BCUT2D eigenvalue weighted by Crippen LogP contribution is -2.46. The van der Waals surface area contributed by atoms with Crippen LogP contribution in [0.2, 0.25) is 0 Å². The molecule has 1 aliphatic heterocycles. The van der Waals surface area contributed by atoms with Gasteiger partial charge < -0.3 is 4.74 Å². The fraction of sp³-hybridized carbons (Fsp3) is 1.00. The largest absolute Gasteiger partial charge is 0.379 e. The van der Waals surface area contributed by atoms with E-state index in [2.05, 4.69) is 4.72 Å². The molecule has 1 heterocycles. The Morgan fingerprint density at radius 1 is 1.44 bits per heavy atom. The normalized spacial score (nSPS) is 20.9. The highest BCUT2D eigenvalue weighted by molar-refractivity contribution is 7.87. The number of nitrogens with zero attached hydrogens (tertiary/aromatic N) is 1. The van der Waals surface area contributed by atoms with Crippen LogP contribution in [-0.2, 0) is 14.9 Å². The van der Waals surface area contributed by atoms with Crippen LogP contribution in [-0.4, -0.2) is 50.9 Å². The molecule has 1 saturated heterocycles. The summed E-state index contributed by atoms with van der Waals surface area (Å²) in [5.41, 5.74) is 0. The molecule has 1 fully saturated rings. The Morgan fingerprint density at radius 2 is 2.06 bits per heavy atom. The molecule has 0 saturated carbocycles. The van der Waals surface area contributed by atoms with E-state index in [0.29, 0.717) is 32.8 Å².